The molecule has 1 N–H and O–H groups in total. The lowest BCUT2D eigenvalue weighted by Gasteiger charge is -1.89. The molecule has 4 heteroatoms. The quantitative estimate of drug-likeness (QED) is 0.626. The van der Waals surface area contributed by atoms with Crippen LogP contribution in [-0.4, -0.2) is 11.4 Å². The van der Waals surface area contributed by atoms with Crippen molar-refractivity contribution >= 4 is 22.7 Å². The molecule has 0 unspecified atom stereocenters. The molecule has 1 aromatic rings. The van der Waals surface area contributed by atoms with Gasteiger partial charge in [0.15, 0.2) is 0 Å². The molecule has 0 aliphatic carbocycles. The van der Waals surface area contributed by atoms with Gasteiger partial charge in [-0.25, -0.2) is 4.98 Å². The summed E-state index contributed by atoms with van der Waals surface area (Å²) in [5.41, 5.74) is 2.56. The van der Waals surface area contributed by atoms with E-state index in [4.69, 9.17) is 0 Å². The molecule has 0 aliphatic heterocycles. The number of aryl methyl sites for hydroxylation is 1. The van der Waals surface area contributed by atoms with E-state index in [1.54, 1.807) is 5.51 Å². The molecule has 3 nitrogen and oxygen atoms in total. The molecule has 9 heavy (non-hydrogen) atoms. The Morgan fingerprint density at radius 2 is 2.67 bits per heavy atom. The van der Waals surface area contributed by atoms with Crippen LogP contribution in [0.25, 0.3) is 0 Å². The van der Waals surface area contributed by atoms with Gasteiger partial charge >= 0.3 is 0 Å². The first-order chi connectivity index (χ1) is 4.34. The summed E-state index contributed by atoms with van der Waals surface area (Å²) in [4.78, 5) is 13.8. The maximum absolute atomic E-state index is 9.89. The van der Waals surface area contributed by atoms with Gasteiger partial charge in [-0.3, -0.25) is 4.79 Å². The van der Waals surface area contributed by atoms with Crippen molar-refractivity contribution in [2.45, 2.75) is 6.92 Å². The predicted octanol–water partition coefficient (Wildman–Crippen LogP) is 1.02. The van der Waals surface area contributed by atoms with Crippen LogP contribution >= 0.6 is 11.3 Å². The zero-order valence-corrected chi connectivity index (χ0v) is 5.73. The lowest BCUT2D eigenvalue weighted by atomic mass is 10.5. The maximum Gasteiger partial charge on any atom is 0.212 e. The lowest BCUT2D eigenvalue weighted by Crippen LogP contribution is -1.91. The highest BCUT2D eigenvalue weighted by atomic mass is 32.1. The van der Waals surface area contributed by atoms with Crippen molar-refractivity contribution in [3.63, 3.8) is 0 Å². The molecule has 0 saturated carbocycles. The van der Waals surface area contributed by atoms with Crippen LogP contribution in [0.3, 0.4) is 0 Å². The van der Waals surface area contributed by atoms with E-state index in [1.165, 1.54) is 11.3 Å². The van der Waals surface area contributed by atoms with Gasteiger partial charge in [0.05, 0.1) is 11.2 Å². The highest BCUT2D eigenvalue weighted by Gasteiger charge is 1.96. The average molecular weight is 142 g/mol. The van der Waals surface area contributed by atoms with Gasteiger partial charge in [0.1, 0.15) is 5.00 Å². The molecule has 0 fully saturated rings. The number of rotatable bonds is 2. The number of thiazole rings is 1. The molecule has 0 radical (unpaired) electrons. The van der Waals surface area contributed by atoms with E-state index in [2.05, 4.69) is 10.3 Å². The number of nitrogens with one attached hydrogen (secondary N) is 1. The Morgan fingerprint density at radius 1 is 1.89 bits per heavy atom. The molecule has 1 aromatic heterocycles. The molecular weight excluding hydrogens is 136 g/mol. The van der Waals surface area contributed by atoms with E-state index >= 15 is 0 Å². The number of aromatic nitrogens is 1. The molecule has 0 spiro atoms. The van der Waals surface area contributed by atoms with Crippen molar-refractivity contribution in [2.75, 3.05) is 5.32 Å². The van der Waals surface area contributed by atoms with Crippen molar-refractivity contribution in [3.05, 3.63) is 11.2 Å². The molecule has 1 rings (SSSR count). The Morgan fingerprint density at radius 3 is 3.11 bits per heavy atom. The first-order valence-corrected chi connectivity index (χ1v) is 3.33. The smallest absolute Gasteiger partial charge is 0.212 e. The first-order valence-electron chi connectivity index (χ1n) is 2.45. The number of nitrogens with zero attached hydrogens (tertiary/aromatic N) is 1. The van der Waals surface area contributed by atoms with Gasteiger partial charge in [0, 0.05) is 0 Å². The fourth-order valence-electron chi connectivity index (χ4n) is 0.494. The maximum atomic E-state index is 9.89. The molecule has 1 amide bonds. The molecule has 0 aliphatic rings. The van der Waals surface area contributed by atoms with Crippen molar-refractivity contribution in [1.29, 1.82) is 0 Å². The molecule has 0 saturated heterocycles. The fraction of sp³-hybridized carbons (Fsp3) is 0.200. The standard InChI is InChI=1S/C5H6N2OS/c1-4-5(6-2-8)9-3-7-4/h2-3H,1H3,(H,6,8). The normalized spacial score (nSPS) is 9.00. The third kappa shape index (κ3) is 1.26. The van der Waals surface area contributed by atoms with Gasteiger partial charge in [-0.1, -0.05) is 0 Å². The van der Waals surface area contributed by atoms with E-state index in [9.17, 15) is 4.79 Å². The van der Waals surface area contributed by atoms with Crippen LogP contribution in [-0.2, 0) is 4.79 Å². The second kappa shape index (κ2) is 2.59. The van der Waals surface area contributed by atoms with Crippen LogP contribution in [0.1, 0.15) is 5.69 Å². The molecule has 0 aromatic carbocycles. The fourth-order valence-corrected chi connectivity index (χ4v) is 1.15. The summed E-state index contributed by atoms with van der Waals surface area (Å²) < 4.78 is 0. The second-order valence-electron chi connectivity index (χ2n) is 1.53. The summed E-state index contributed by atoms with van der Waals surface area (Å²) in [5.74, 6) is 0. The minimum atomic E-state index is 0.653. The van der Waals surface area contributed by atoms with Crippen molar-refractivity contribution < 1.29 is 4.79 Å². The van der Waals surface area contributed by atoms with Crippen molar-refractivity contribution in [2.24, 2.45) is 0 Å². The molecule has 1 heterocycles. The van der Waals surface area contributed by atoms with Crippen LogP contribution < -0.4 is 5.32 Å². The minimum Gasteiger partial charge on any atom is -0.319 e. The van der Waals surface area contributed by atoms with E-state index in [-0.39, 0.29) is 0 Å². The SMILES string of the molecule is Cc1ncsc1NC=O. The van der Waals surface area contributed by atoms with Crippen LogP contribution in [0, 0.1) is 6.92 Å². The predicted molar refractivity (Wildman–Crippen MR) is 36.5 cm³/mol. The summed E-state index contributed by atoms with van der Waals surface area (Å²) in [6, 6.07) is 0. The van der Waals surface area contributed by atoms with E-state index in [1.807, 2.05) is 6.92 Å². The number of hydrogen-bond donors (Lipinski definition) is 1. The van der Waals surface area contributed by atoms with Gasteiger partial charge in [0.2, 0.25) is 6.41 Å². The number of carbonyl (C=O) groups excluding carboxylic acids is 1. The Labute approximate surface area is 56.7 Å². The molecular formula is C5H6N2OS. The molecule has 0 bridgehead atoms. The number of hydrogen-bond acceptors (Lipinski definition) is 3. The van der Waals surface area contributed by atoms with Crippen molar-refractivity contribution in [3.8, 4) is 0 Å². The zero-order valence-electron chi connectivity index (χ0n) is 4.92. The highest BCUT2D eigenvalue weighted by molar-refractivity contribution is 7.14. The Balaban J connectivity index is 2.80. The Kier molecular flexibility index (Phi) is 1.79. The van der Waals surface area contributed by atoms with E-state index in [0.717, 1.165) is 10.7 Å². The summed E-state index contributed by atoms with van der Waals surface area (Å²) in [6.07, 6.45) is 0.653. The number of carbonyl (C=O) groups is 1. The molecule has 48 valence electrons. The summed E-state index contributed by atoms with van der Waals surface area (Å²) >= 11 is 1.42. The van der Waals surface area contributed by atoms with E-state index in [0.29, 0.717) is 6.41 Å². The summed E-state index contributed by atoms with van der Waals surface area (Å²) in [6.45, 7) is 1.85. The minimum absolute atomic E-state index is 0.653. The van der Waals surface area contributed by atoms with Crippen molar-refractivity contribution in [1.82, 2.24) is 4.98 Å². The van der Waals surface area contributed by atoms with Crippen LogP contribution in [0.2, 0.25) is 0 Å². The largest absolute Gasteiger partial charge is 0.319 e. The highest BCUT2D eigenvalue weighted by Crippen LogP contribution is 2.16. The van der Waals surface area contributed by atoms with Crippen LogP contribution in [0.5, 0.6) is 0 Å². The Bertz CT molecular complexity index is 208. The lowest BCUT2D eigenvalue weighted by molar-refractivity contribution is -0.105. The van der Waals surface area contributed by atoms with Gasteiger partial charge in [0.25, 0.3) is 0 Å². The summed E-state index contributed by atoms with van der Waals surface area (Å²) in [7, 11) is 0. The molecule has 0 atom stereocenters. The second-order valence-corrected chi connectivity index (χ2v) is 2.38. The van der Waals surface area contributed by atoms with E-state index < -0.39 is 0 Å². The van der Waals surface area contributed by atoms with Gasteiger partial charge in [-0.05, 0) is 6.92 Å². The van der Waals surface area contributed by atoms with Crippen LogP contribution in [0.15, 0.2) is 5.51 Å². The number of anilines is 1. The summed E-state index contributed by atoms with van der Waals surface area (Å²) in [5, 5.41) is 3.36. The Hall–Kier alpha value is -0.900. The van der Waals surface area contributed by atoms with Gasteiger partial charge < -0.3 is 5.32 Å². The topological polar surface area (TPSA) is 42.0 Å². The average Bonchev–Trinajstić information content (AvgIpc) is 2.18. The monoisotopic (exact) mass is 142 g/mol. The number of amides is 1. The third-order valence-corrected chi connectivity index (χ3v) is 1.80. The van der Waals surface area contributed by atoms with Gasteiger partial charge in [-0.2, -0.15) is 0 Å². The van der Waals surface area contributed by atoms with Gasteiger partial charge in [-0.15, -0.1) is 11.3 Å². The third-order valence-electron chi connectivity index (χ3n) is 0.936. The first kappa shape index (κ1) is 6.22. The zero-order chi connectivity index (χ0) is 6.69. The van der Waals surface area contributed by atoms with Crippen LogP contribution in [0.4, 0.5) is 5.00 Å².